The Balaban J connectivity index is 0.00000212. The average Bonchev–Trinajstić information content (AvgIpc) is 3.78. The van der Waals surface area contributed by atoms with Gasteiger partial charge in [-0.2, -0.15) is 42.3 Å². The Morgan fingerprint density at radius 1 is 1.10 bits per heavy atom. The number of aromatic nitrogens is 4. The fourth-order valence-electron chi connectivity index (χ4n) is 7.61. The van der Waals surface area contributed by atoms with Crippen molar-refractivity contribution in [2.24, 2.45) is 0 Å². The molecule has 0 amide bonds. The molecule has 3 aliphatic rings. The Bertz CT molecular complexity index is 1990. The lowest BCUT2D eigenvalue weighted by Crippen LogP contribution is -2.50. The number of fused-ring (bicyclic) bond motifs is 3. The number of benzene rings is 2. The molecule has 9 nitrogen and oxygen atoms in total. The van der Waals surface area contributed by atoms with E-state index in [0.29, 0.717) is 0 Å². The maximum absolute atomic E-state index is 16.9. The Morgan fingerprint density at radius 3 is 2.48 bits per heavy atom. The van der Waals surface area contributed by atoms with Gasteiger partial charge in [-0.3, -0.25) is 10.00 Å². The van der Waals surface area contributed by atoms with Gasteiger partial charge in [0.2, 0.25) is 0 Å². The Morgan fingerprint density at radius 2 is 1.82 bits per heavy atom. The molecule has 1 atom stereocenters. The molecule has 3 aliphatic heterocycles. The van der Waals surface area contributed by atoms with E-state index in [-0.39, 0.29) is 60.1 Å². The van der Waals surface area contributed by atoms with Crippen molar-refractivity contribution < 1.29 is 35.5 Å². The van der Waals surface area contributed by atoms with Crippen LogP contribution >= 0.6 is 0 Å². The zero-order valence-electron chi connectivity index (χ0n) is 27.6. The highest BCUT2D eigenvalue weighted by Gasteiger charge is 2.45. The number of ether oxygens (including phenoxy) is 1. The smallest absolute Gasteiger partial charge is 0.417 e. The van der Waals surface area contributed by atoms with Crippen LogP contribution in [0.1, 0.15) is 56.4 Å². The molecule has 2 aromatic heterocycles. The fraction of sp³-hybridized carbons (Fsp3) is 0.471. The summed E-state index contributed by atoms with van der Waals surface area (Å²) >= 11 is 0. The van der Waals surface area contributed by atoms with Crippen LogP contribution < -0.4 is 15.0 Å². The normalized spacial score (nSPS) is 18.9. The molecule has 0 spiro atoms. The summed E-state index contributed by atoms with van der Waals surface area (Å²) in [6.45, 7) is 7.50. The highest BCUT2D eigenvalue weighted by molar-refractivity contribution is 6.03. The first-order chi connectivity index (χ1) is 23.9. The van der Waals surface area contributed by atoms with Crippen LogP contribution in [0.4, 0.5) is 36.6 Å². The van der Waals surface area contributed by atoms with Crippen molar-refractivity contribution in [1.29, 1.82) is 5.26 Å². The standard InChI is InChI=1S/C32H29F7N8O.C2H6/c1-16-10-20-24(21(13-40)45-44-20)25(26(16)32(37,38)39)23-19(33)12-18-28(27(23)36)42-30(48-15-31-4-2-7-47(31)8-3-5-31)43-29(18)46-9-6-41-17(14-46)11-22(34)35;1-2/h10-12,17,41H,2-9,14-15H2,1H3,(H,44,45);1-2H3. The molecular formula is C34H35F7N8O. The first kappa shape index (κ1) is 35.3. The summed E-state index contributed by atoms with van der Waals surface area (Å²) in [5.41, 5.74) is -4.90. The average molecular weight is 705 g/mol. The minimum atomic E-state index is -5.07. The molecule has 16 heteroatoms. The molecule has 1 unspecified atom stereocenters. The first-order valence-corrected chi connectivity index (χ1v) is 16.5. The van der Waals surface area contributed by atoms with E-state index in [1.165, 1.54) is 0 Å². The number of rotatable bonds is 6. The van der Waals surface area contributed by atoms with Crippen LogP contribution in [0.25, 0.3) is 32.9 Å². The summed E-state index contributed by atoms with van der Waals surface area (Å²) < 4.78 is 109. The molecule has 4 aromatic rings. The fourth-order valence-corrected chi connectivity index (χ4v) is 7.61. The van der Waals surface area contributed by atoms with Crippen LogP contribution in [-0.4, -0.2) is 76.0 Å². The van der Waals surface area contributed by atoms with Crippen molar-refractivity contribution in [2.45, 2.75) is 64.2 Å². The minimum Gasteiger partial charge on any atom is -0.461 e. The van der Waals surface area contributed by atoms with Crippen molar-refractivity contribution in [3.05, 3.63) is 52.7 Å². The van der Waals surface area contributed by atoms with Crippen LogP contribution in [0.3, 0.4) is 0 Å². The van der Waals surface area contributed by atoms with Crippen molar-refractivity contribution in [2.75, 3.05) is 44.2 Å². The summed E-state index contributed by atoms with van der Waals surface area (Å²) in [6, 6.07) is 2.55. The van der Waals surface area contributed by atoms with Crippen molar-refractivity contribution in [3.8, 4) is 23.2 Å². The largest absolute Gasteiger partial charge is 0.461 e. The molecule has 0 aliphatic carbocycles. The molecule has 3 saturated heterocycles. The van der Waals surface area contributed by atoms with Crippen molar-refractivity contribution in [1.82, 2.24) is 30.4 Å². The number of alkyl halides is 3. The number of piperazine rings is 1. The second kappa shape index (κ2) is 13.7. The second-order valence-corrected chi connectivity index (χ2v) is 12.5. The monoisotopic (exact) mass is 704 g/mol. The van der Waals surface area contributed by atoms with Gasteiger partial charge in [0.05, 0.1) is 22.2 Å². The summed E-state index contributed by atoms with van der Waals surface area (Å²) in [7, 11) is 0. The molecule has 0 bridgehead atoms. The lowest BCUT2D eigenvalue weighted by atomic mass is 9.89. The highest BCUT2D eigenvalue weighted by atomic mass is 19.4. The summed E-state index contributed by atoms with van der Waals surface area (Å²) in [6.07, 6.45) is -2.59. The van der Waals surface area contributed by atoms with Gasteiger partial charge in [0.25, 0.3) is 6.08 Å². The van der Waals surface area contributed by atoms with Crippen LogP contribution in [0.5, 0.6) is 6.01 Å². The van der Waals surface area contributed by atoms with Gasteiger partial charge in [0.1, 0.15) is 29.8 Å². The topological polar surface area (TPSA) is 106 Å². The van der Waals surface area contributed by atoms with Crippen molar-refractivity contribution >= 4 is 27.6 Å². The van der Waals surface area contributed by atoms with E-state index < -0.39 is 63.2 Å². The maximum Gasteiger partial charge on any atom is 0.417 e. The third-order valence-electron chi connectivity index (χ3n) is 9.64. The Labute approximate surface area is 283 Å². The van der Waals surface area contributed by atoms with Crippen molar-refractivity contribution in [3.63, 3.8) is 0 Å². The number of aromatic amines is 1. The number of halogens is 7. The number of anilines is 1. The molecule has 2 N–H and O–H groups in total. The number of H-pyrrole nitrogens is 1. The molecule has 5 heterocycles. The van der Waals surface area contributed by atoms with E-state index in [2.05, 4.69) is 30.4 Å². The maximum atomic E-state index is 16.9. The predicted octanol–water partition coefficient (Wildman–Crippen LogP) is 7.24. The zero-order chi connectivity index (χ0) is 36.0. The number of nitrogens with one attached hydrogen (secondary N) is 2. The van der Waals surface area contributed by atoms with Gasteiger partial charge in [0.15, 0.2) is 11.5 Å². The van der Waals surface area contributed by atoms with Gasteiger partial charge >= 0.3 is 12.2 Å². The predicted molar refractivity (Wildman–Crippen MR) is 173 cm³/mol. The first-order valence-electron chi connectivity index (χ1n) is 16.5. The van der Waals surface area contributed by atoms with E-state index in [1.54, 1.807) is 11.0 Å². The molecular weight excluding hydrogens is 669 g/mol. The van der Waals surface area contributed by atoms with Crippen LogP contribution in [0.2, 0.25) is 0 Å². The molecule has 2 aromatic carbocycles. The zero-order valence-corrected chi connectivity index (χ0v) is 27.6. The SMILES string of the molecule is CC.Cc1cc2[nH]nc(C#N)c2c(-c2c(F)cc3c(N4CCNC(C=C(F)F)C4)nc(OCC45CCCN4CCC5)nc3c2F)c1C(F)(F)F. The number of aryl methyl sites for hydroxylation is 1. The van der Waals surface area contributed by atoms with E-state index in [9.17, 15) is 27.2 Å². The summed E-state index contributed by atoms with van der Waals surface area (Å²) in [4.78, 5) is 12.7. The minimum absolute atomic E-state index is 0.0165. The van der Waals surface area contributed by atoms with Gasteiger partial charge in [-0.05, 0) is 69.5 Å². The highest BCUT2D eigenvalue weighted by Crippen LogP contribution is 2.47. The lowest BCUT2D eigenvalue weighted by molar-refractivity contribution is -0.137. The quantitative estimate of drug-likeness (QED) is 0.203. The number of nitriles is 1. The van der Waals surface area contributed by atoms with Gasteiger partial charge in [-0.1, -0.05) is 13.8 Å². The molecule has 0 radical (unpaired) electrons. The van der Waals surface area contributed by atoms with Gasteiger partial charge in [-0.25, -0.2) is 8.78 Å². The third kappa shape index (κ3) is 6.21. The number of nitrogens with zero attached hydrogens (tertiary/aromatic N) is 6. The molecule has 3 fully saturated rings. The molecule has 266 valence electrons. The number of hydrogen-bond donors (Lipinski definition) is 2. The van der Waals surface area contributed by atoms with E-state index >= 15 is 8.78 Å². The molecule has 7 rings (SSSR count). The third-order valence-corrected chi connectivity index (χ3v) is 9.64. The molecule has 50 heavy (non-hydrogen) atoms. The van der Waals surface area contributed by atoms with Gasteiger partial charge < -0.3 is 15.0 Å². The van der Waals surface area contributed by atoms with Gasteiger partial charge in [-0.15, -0.1) is 0 Å². The Hall–Kier alpha value is -4.49. The van der Waals surface area contributed by atoms with E-state index in [4.69, 9.17) is 4.74 Å². The van der Waals surface area contributed by atoms with Crippen LogP contribution in [0.15, 0.2) is 24.3 Å². The number of hydrogen-bond acceptors (Lipinski definition) is 8. The lowest BCUT2D eigenvalue weighted by Gasteiger charge is -2.34. The van der Waals surface area contributed by atoms with Gasteiger partial charge in [0, 0.05) is 42.0 Å². The summed E-state index contributed by atoms with van der Waals surface area (Å²) in [5, 5.41) is 18.3. The Kier molecular flexibility index (Phi) is 9.66. The van der Waals surface area contributed by atoms with E-state index in [1.807, 2.05) is 13.8 Å². The van der Waals surface area contributed by atoms with E-state index in [0.717, 1.165) is 63.9 Å². The van der Waals surface area contributed by atoms with Crippen LogP contribution in [-0.2, 0) is 6.18 Å². The second-order valence-electron chi connectivity index (χ2n) is 12.5. The summed E-state index contributed by atoms with van der Waals surface area (Å²) in [5.74, 6) is -2.81. The van der Waals surface area contributed by atoms with Crippen LogP contribution in [0, 0.1) is 29.9 Å². The molecule has 0 saturated carbocycles.